The van der Waals surface area contributed by atoms with Gasteiger partial charge in [0.1, 0.15) is 5.75 Å². The van der Waals surface area contributed by atoms with Crippen molar-refractivity contribution in [2.75, 3.05) is 6.61 Å². The van der Waals surface area contributed by atoms with Gasteiger partial charge in [-0.05, 0) is 42.8 Å². The molecule has 0 saturated heterocycles. The van der Waals surface area contributed by atoms with Gasteiger partial charge in [-0.2, -0.15) is 9.50 Å². The highest BCUT2D eigenvalue weighted by molar-refractivity contribution is 7.15. The Morgan fingerprint density at radius 2 is 1.91 bits per heavy atom. The van der Waals surface area contributed by atoms with Crippen LogP contribution in [0.5, 0.6) is 5.75 Å². The molecule has 0 saturated carbocycles. The van der Waals surface area contributed by atoms with Crippen molar-refractivity contribution in [3.63, 3.8) is 0 Å². The van der Waals surface area contributed by atoms with Crippen LogP contribution in [0, 0.1) is 10.1 Å². The van der Waals surface area contributed by atoms with Crippen LogP contribution in [-0.2, 0) is 0 Å². The minimum Gasteiger partial charge on any atom is -0.494 e. The number of benzene rings is 2. The zero-order chi connectivity index (χ0) is 22.5. The van der Waals surface area contributed by atoms with Gasteiger partial charge < -0.3 is 4.74 Å². The lowest BCUT2D eigenvalue weighted by atomic mass is 10.2. The van der Waals surface area contributed by atoms with Crippen molar-refractivity contribution in [1.82, 2.24) is 14.6 Å². The Bertz CT molecular complexity index is 1340. The fourth-order valence-electron chi connectivity index (χ4n) is 3.29. The first-order chi connectivity index (χ1) is 15.6. The summed E-state index contributed by atoms with van der Waals surface area (Å²) in [4.78, 5) is 28.4. The fourth-order valence-corrected chi connectivity index (χ4v) is 4.19. The first kappa shape index (κ1) is 21.6. The van der Waals surface area contributed by atoms with Crippen LogP contribution < -0.4 is 14.8 Å². The third-order valence-electron chi connectivity index (χ3n) is 4.98. The number of nitro groups is 1. The topological polar surface area (TPSA) is 99.6 Å². The second-order valence-electron chi connectivity index (χ2n) is 7.30. The van der Waals surface area contributed by atoms with Crippen LogP contribution in [0.25, 0.3) is 22.4 Å². The molecule has 2 heterocycles. The van der Waals surface area contributed by atoms with Gasteiger partial charge in [-0.25, -0.2) is 0 Å². The van der Waals surface area contributed by atoms with E-state index >= 15 is 0 Å². The molecule has 0 radical (unpaired) electrons. The first-order valence-corrected chi connectivity index (χ1v) is 11.3. The summed E-state index contributed by atoms with van der Waals surface area (Å²) in [5.41, 5.74) is 0.737. The minimum absolute atomic E-state index is 0.0562. The number of fused-ring (bicyclic) bond motifs is 1. The van der Waals surface area contributed by atoms with Crippen LogP contribution in [0.2, 0.25) is 0 Å². The molecular weight excluding hydrogens is 428 g/mol. The Labute approximate surface area is 188 Å². The highest BCUT2D eigenvalue weighted by Crippen LogP contribution is 2.21. The molecule has 8 nitrogen and oxygen atoms in total. The van der Waals surface area contributed by atoms with E-state index in [1.807, 2.05) is 24.3 Å². The summed E-state index contributed by atoms with van der Waals surface area (Å²) >= 11 is 1.15. The number of thiazole rings is 1. The molecule has 0 bridgehead atoms. The standard InChI is InChI=1S/C23H22N4O4S/c1-2-3-4-7-14-31-18-12-10-16(11-13-18)21-24-23-26(25-21)22(28)20(32-23)15-17-8-5-6-9-19(17)27(29)30/h5-6,8-13,15H,2-4,7,14H2,1H3/b20-15-. The molecule has 0 aliphatic rings. The van der Waals surface area contributed by atoms with Crippen LogP contribution in [0.15, 0.2) is 53.3 Å². The quantitative estimate of drug-likeness (QED) is 0.215. The van der Waals surface area contributed by atoms with Gasteiger partial charge in [-0.3, -0.25) is 14.9 Å². The molecule has 32 heavy (non-hydrogen) atoms. The summed E-state index contributed by atoms with van der Waals surface area (Å²) in [5, 5.41) is 15.6. The van der Waals surface area contributed by atoms with Crippen molar-refractivity contribution in [2.24, 2.45) is 0 Å². The zero-order valence-corrected chi connectivity index (χ0v) is 18.4. The zero-order valence-electron chi connectivity index (χ0n) is 17.6. The molecule has 0 aliphatic carbocycles. The van der Waals surface area contributed by atoms with Crippen molar-refractivity contribution in [3.05, 3.63) is 79.1 Å². The molecule has 0 unspecified atom stereocenters. The van der Waals surface area contributed by atoms with E-state index < -0.39 is 4.92 Å². The Balaban J connectivity index is 1.55. The molecule has 0 N–H and O–H groups in total. The van der Waals surface area contributed by atoms with E-state index in [0.717, 1.165) is 29.1 Å². The molecule has 0 spiro atoms. The average molecular weight is 451 g/mol. The van der Waals surface area contributed by atoms with E-state index in [1.165, 1.54) is 35.9 Å². The van der Waals surface area contributed by atoms with Crippen LogP contribution in [0.3, 0.4) is 0 Å². The van der Waals surface area contributed by atoms with Gasteiger partial charge in [0, 0.05) is 11.6 Å². The largest absolute Gasteiger partial charge is 0.494 e. The number of aromatic nitrogens is 3. The van der Waals surface area contributed by atoms with Gasteiger partial charge in [0.25, 0.3) is 11.2 Å². The fraction of sp³-hybridized carbons (Fsp3) is 0.261. The monoisotopic (exact) mass is 450 g/mol. The summed E-state index contributed by atoms with van der Waals surface area (Å²) in [6, 6.07) is 13.8. The maximum atomic E-state index is 12.8. The van der Waals surface area contributed by atoms with Crippen LogP contribution in [-0.4, -0.2) is 26.1 Å². The van der Waals surface area contributed by atoms with E-state index in [-0.39, 0.29) is 11.2 Å². The van der Waals surface area contributed by atoms with E-state index in [4.69, 9.17) is 4.74 Å². The number of hydrogen-bond donors (Lipinski definition) is 0. The third kappa shape index (κ3) is 4.67. The molecule has 0 amide bonds. The van der Waals surface area contributed by atoms with Gasteiger partial charge in [0.15, 0.2) is 5.82 Å². The summed E-state index contributed by atoms with van der Waals surface area (Å²) in [5.74, 6) is 1.23. The van der Waals surface area contributed by atoms with Gasteiger partial charge in [0.05, 0.1) is 21.6 Å². The van der Waals surface area contributed by atoms with Gasteiger partial charge in [0.2, 0.25) is 4.96 Å². The van der Waals surface area contributed by atoms with Crippen molar-refractivity contribution in [3.8, 4) is 17.1 Å². The molecule has 4 rings (SSSR count). The third-order valence-corrected chi connectivity index (χ3v) is 5.94. The number of nitrogens with zero attached hydrogens (tertiary/aromatic N) is 4. The second kappa shape index (κ2) is 9.69. The maximum Gasteiger partial charge on any atom is 0.291 e. The summed E-state index contributed by atoms with van der Waals surface area (Å²) in [7, 11) is 0. The molecule has 0 fully saturated rings. The van der Waals surface area contributed by atoms with Crippen molar-refractivity contribution < 1.29 is 9.66 Å². The van der Waals surface area contributed by atoms with E-state index in [9.17, 15) is 14.9 Å². The van der Waals surface area contributed by atoms with Crippen LogP contribution in [0.1, 0.15) is 38.2 Å². The SMILES string of the molecule is CCCCCCOc1ccc(-c2nc3s/c(=C\c4ccccc4[N+](=O)[O-])c(=O)n3n2)cc1. The smallest absolute Gasteiger partial charge is 0.291 e. The molecule has 0 atom stereocenters. The van der Waals surface area contributed by atoms with Crippen molar-refractivity contribution in [1.29, 1.82) is 0 Å². The molecule has 9 heteroatoms. The summed E-state index contributed by atoms with van der Waals surface area (Å²) < 4.78 is 7.33. The Kier molecular flexibility index (Phi) is 6.55. The van der Waals surface area contributed by atoms with Gasteiger partial charge >= 0.3 is 0 Å². The summed E-state index contributed by atoms with van der Waals surface area (Å²) in [6.45, 7) is 2.87. The number of unbranched alkanes of at least 4 members (excludes halogenated alkanes) is 3. The Hall–Kier alpha value is -3.59. The normalized spacial score (nSPS) is 11.8. The number of rotatable bonds is 9. The summed E-state index contributed by atoms with van der Waals surface area (Å²) in [6.07, 6.45) is 6.12. The molecular formula is C23H22N4O4S. The molecule has 2 aromatic heterocycles. The number of ether oxygens (including phenoxy) is 1. The molecule has 164 valence electrons. The number of hydrogen-bond acceptors (Lipinski definition) is 7. The lowest BCUT2D eigenvalue weighted by Crippen LogP contribution is -2.23. The Morgan fingerprint density at radius 3 is 2.62 bits per heavy atom. The van der Waals surface area contributed by atoms with Crippen LogP contribution in [0.4, 0.5) is 5.69 Å². The van der Waals surface area contributed by atoms with E-state index in [0.29, 0.717) is 27.5 Å². The molecule has 4 aromatic rings. The highest BCUT2D eigenvalue weighted by atomic mass is 32.1. The van der Waals surface area contributed by atoms with E-state index in [1.54, 1.807) is 18.2 Å². The Morgan fingerprint density at radius 1 is 1.12 bits per heavy atom. The molecule has 2 aromatic carbocycles. The van der Waals surface area contributed by atoms with Crippen molar-refractivity contribution in [2.45, 2.75) is 32.6 Å². The predicted molar refractivity (Wildman–Crippen MR) is 124 cm³/mol. The predicted octanol–water partition coefficient (Wildman–Crippen LogP) is 4.23. The maximum absolute atomic E-state index is 12.8. The van der Waals surface area contributed by atoms with E-state index in [2.05, 4.69) is 17.0 Å². The highest BCUT2D eigenvalue weighted by Gasteiger charge is 2.14. The van der Waals surface area contributed by atoms with Crippen molar-refractivity contribution >= 4 is 28.1 Å². The van der Waals surface area contributed by atoms with Gasteiger partial charge in [-0.15, -0.1) is 5.10 Å². The number of para-hydroxylation sites is 1. The minimum atomic E-state index is -0.468. The van der Waals surface area contributed by atoms with Gasteiger partial charge in [-0.1, -0.05) is 49.7 Å². The average Bonchev–Trinajstić information content (AvgIpc) is 3.34. The first-order valence-electron chi connectivity index (χ1n) is 10.4. The van der Waals surface area contributed by atoms with Crippen LogP contribution >= 0.6 is 11.3 Å². The lowest BCUT2D eigenvalue weighted by Gasteiger charge is -2.06. The lowest BCUT2D eigenvalue weighted by molar-refractivity contribution is -0.385. The second-order valence-corrected chi connectivity index (χ2v) is 8.30. The molecule has 0 aliphatic heterocycles. The number of nitro benzene ring substituents is 1.